The molecule has 3 nitrogen and oxygen atoms in total. The lowest BCUT2D eigenvalue weighted by molar-refractivity contribution is 0.125. The van der Waals surface area contributed by atoms with Gasteiger partial charge in [-0.3, -0.25) is 4.98 Å². The molecule has 2 rings (SSSR count). The van der Waals surface area contributed by atoms with Crippen molar-refractivity contribution in [3.05, 3.63) is 42.1 Å². The van der Waals surface area contributed by atoms with E-state index in [1.807, 2.05) is 18.2 Å². The lowest BCUT2D eigenvalue weighted by Crippen LogP contribution is -2.20. The van der Waals surface area contributed by atoms with Gasteiger partial charge in [-0.1, -0.05) is 38.1 Å². The Balaban J connectivity index is 1.68. The van der Waals surface area contributed by atoms with Gasteiger partial charge in [0.05, 0.1) is 17.8 Å². The Kier molecular flexibility index (Phi) is 5.96. The third-order valence-corrected chi connectivity index (χ3v) is 3.22. The van der Waals surface area contributed by atoms with Gasteiger partial charge in [-0.2, -0.15) is 0 Å². The van der Waals surface area contributed by atoms with Crippen LogP contribution in [0.3, 0.4) is 0 Å². The SMILES string of the molecule is CC(C)CCOCCNCc1ccc2ccccc2n1. The van der Waals surface area contributed by atoms with Gasteiger partial charge in [-0.05, 0) is 24.5 Å². The van der Waals surface area contributed by atoms with Crippen LogP contribution in [0.1, 0.15) is 26.0 Å². The molecule has 0 saturated heterocycles. The van der Waals surface area contributed by atoms with Crippen LogP contribution in [0.15, 0.2) is 36.4 Å². The summed E-state index contributed by atoms with van der Waals surface area (Å²) in [7, 11) is 0. The third kappa shape index (κ3) is 4.91. The van der Waals surface area contributed by atoms with Gasteiger partial charge < -0.3 is 10.1 Å². The van der Waals surface area contributed by atoms with E-state index in [0.29, 0.717) is 5.92 Å². The van der Waals surface area contributed by atoms with Crippen LogP contribution in [0.2, 0.25) is 0 Å². The van der Waals surface area contributed by atoms with E-state index in [1.54, 1.807) is 0 Å². The molecule has 0 fully saturated rings. The molecule has 0 saturated carbocycles. The van der Waals surface area contributed by atoms with Crippen LogP contribution >= 0.6 is 0 Å². The average molecular weight is 272 g/mol. The Bertz CT molecular complexity index is 525. The van der Waals surface area contributed by atoms with Crippen LogP contribution in [0.25, 0.3) is 10.9 Å². The van der Waals surface area contributed by atoms with E-state index in [1.165, 1.54) is 5.39 Å². The molecule has 1 heterocycles. The number of hydrogen-bond acceptors (Lipinski definition) is 3. The van der Waals surface area contributed by atoms with E-state index >= 15 is 0 Å². The maximum absolute atomic E-state index is 5.57. The predicted octanol–water partition coefficient (Wildman–Crippen LogP) is 3.39. The Morgan fingerprint density at radius 3 is 2.80 bits per heavy atom. The lowest BCUT2D eigenvalue weighted by atomic mass is 10.1. The minimum absolute atomic E-state index is 0.713. The number of hydrogen-bond donors (Lipinski definition) is 1. The monoisotopic (exact) mass is 272 g/mol. The van der Waals surface area contributed by atoms with Crippen molar-refractivity contribution in [2.24, 2.45) is 5.92 Å². The molecule has 0 atom stereocenters. The second-order valence-corrected chi connectivity index (χ2v) is 5.47. The molecule has 2 aromatic rings. The predicted molar refractivity (Wildman–Crippen MR) is 83.7 cm³/mol. The van der Waals surface area contributed by atoms with Gasteiger partial charge in [0.25, 0.3) is 0 Å². The summed E-state index contributed by atoms with van der Waals surface area (Å²) in [5.74, 6) is 0.713. The molecule has 20 heavy (non-hydrogen) atoms. The number of ether oxygens (including phenoxy) is 1. The second kappa shape index (κ2) is 7.98. The molecule has 1 aromatic carbocycles. The highest BCUT2D eigenvalue weighted by Gasteiger charge is 1.98. The maximum Gasteiger partial charge on any atom is 0.0705 e. The molecule has 1 N–H and O–H groups in total. The summed E-state index contributed by atoms with van der Waals surface area (Å²) in [6, 6.07) is 12.4. The van der Waals surface area contributed by atoms with Crippen molar-refractivity contribution in [3.63, 3.8) is 0 Å². The summed E-state index contributed by atoms with van der Waals surface area (Å²) in [5.41, 5.74) is 2.13. The molecular formula is C17H24N2O. The minimum atomic E-state index is 0.713. The van der Waals surface area contributed by atoms with Gasteiger partial charge in [-0.25, -0.2) is 0 Å². The number of nitrogens with zero attached hydrogens (tertiary/aromatic N) is 1. The summed E-state index contributed by atoms with van der Waals surface area (Å²) in [4.78, 5) is 4.63. The fourth-order valence-corrected chi connectivity index (χ4v) is 1.99. The van der Waals surface area contributed by atoms with Crippen molar-refractivity contribution in [1.29, 1.82) is 0 Å². The van der Waals surface area contributed by atoms with E-state index < -0.39 is 0 Å². The van der Waals surface area contributed by atoms with Crippen LogP contribution in [-0.4, -0.2) is 24.7 Å². The van der Waals surface area contributed by atoms with E-state index in [4.69, 9.17) is 4.74 Å². The Hall–Kier alpha value is -1.45. The third-order valence-electron chi connectivity index (χ3n) is 3.22. The maximum atomic E-state index is 5.57. The first-order chi connectivity index (χ1) is 9.75. The molecule has 0 spiro atoms. The standard InChI is InChI=1S/C17H24N2O/c1-14(2)9-11-20-12-10-18-13-16-8-7-15-5-3-4-6-17(15)19-16/h3-8,14,18H,9-13H2,1-2H3. The fraction of sp³-hybridized carbons (Fsp3) is 0.471. The molecule has 108 valence electrons. The summed E-state index contributed by atoms with van der Waals surface area (Å²) >= 11 is 0. The smallest absolute Gasteiger partial charge is 0.0705 e. The van der Waals surface area contributed by atoms with Gasteiger partial charge >= 0.3 is 0 Å². The molecule has 0 radical (unpaired) electrons. The number of rotatable bonds is 8. The molecule has 3 heteroatoms. The number of fused-ring (bicyclic) bond motifs is 1. The number of pyridine rings is 1. The van der Waals surface area contributed by atoms with Crippen LogP contribution in [-0.2, 0) is 11.3 Å². The van der Waals surface area contributed by atoms with Gasteiger partial charge in [0.15, 0.2) is 0 Å². The molecule has 0 aliphatic rings. The molecule has 0 unspecified atom stereocenters. The first-order valence-corrected chi connectivity index (χ1v) is 7.39. The summed E-state index contributed by atoms with van der Waals surface area (Å²) in [6.07, 6.45) is 1.13. The Labute approximate surface area is 121 Å². The van der Waals surface area contributed by atoms with E-state index in [0.717, 1.165) is 43.9 Å². The van der Waals surface area contributed by atoms with Gasteiger partial charge in [0.1, 0.15) is 0 Å². The molecule has 0 aliphatic carbocycles. The Morgan fingerprint density at radius 2 is 1.95 bits per heavy atom. The van der Waals surface area contributed by atoms with Gasteiger partial charge in [-0.15, -0.1) is 0 Å². The summed E-state index contributed by atoms with van der Waals surface area (Å²) < 4.78 is 5.57. The highest BCUT2D eigenvalue weighted by molar-refractivity contribution is 5.78. The summed E-state index contributed by atoms with van der Waals surface area (Å²) in [6.45, 7) is 7.71. The topological polar surface area (TPSA) is 34.1 Å². The molecular weight excluding hydrogens is 248 g/mol. The number of aromatic nitrogens is 1. The highest BCUT2D eigenvalue weighted by Crippen LogP contribution is 2.11. The summed E-state index contributed by atoms with van der Waals surface area (Å²) in [5, 5.41) is 4.56. The normalized spacial score (nSPS) is 11.3. The number of benzene rings is 1. The van der Waals surface area contributed by atoms with Crippen molar-refractivity contribution in [2.45, 2.75) is 26.8 Å². The molecule has 0 aliphatic heterocycles. The second-order valence-electron chi connectivity index (χ2n) is 5.47. The highest BCUT2D eigenvalue weighted by atomic mass is 16.5. The van der Waals surface area contributed by atoms with Gasteiger partial charge in [0.2, 0.25) is 0 Å². The van der Waals surface area contributed by atoms with Gasteiger partial charge in [0, 0.05) is 25.1 Å². The van der Waals surface area contributed by atoms with Crippen LogP contribution in [0, 0.1) is 5.92 Å². The average Bonchev–Trinajstić information content (AvgIpc) is 2.46. The Morgan fingerprint density at radius 1 is 1.10 bits per heavy atom. The van der Waals surface area contributed by atoms with Crippen molar-refractivity contribution < 1.29 is 4.74 Å². The first-order valence-electron chi connectivity index (χ1n) is 7.39. The zero-order valence-corrected chi connectivity index (χ0v) is 12.4. The van der Waals surface area contributed by atoms with Crippen molar-refractivity contribution in [2.75, 3.05) is 19.8 Å². The zero-order valence-electron chi connectivity index (χ0n) is 12.4. The van der Waals surface area contributed by atoms with E-state index in [9.17, 15) is 0 Å². The lowest BCUT2D eigenvalue weighted by Gasteiger charge is -2.08. The van der Waals surface area contributed by atoms with E-state index in [2.05, 4.69) is 42.3 Å². The van der Waals surface area contributed by atoms with Crippen LogP contribution in [0.4, 0.5) is 0 Å². The fourth-order valence-electron chi connectivity index (χ4n) is 1.99. The zero-order chi connectivity index (χ0) is 14.2. The van der Waals surface area contributed by atoms with Crippen LogP contribution < -0.4 is 5.32 Å². The molecule has 0 amide bonds. The number of nitrogens with one attached hydrogen (secondary N) is 1. The largest absolute Gasteiger partial charge is 0.380 e. The van der Waals surface area contributed by atoms with E-state index in [-0.39, 0.29) is 0 Å². The van der Waals surface area contributed by atoms with Crippen molar-refractivity contribution in [1.82, 2.24) is 10.3 Å². The van der Waals surface area contributed by atoms with Crippen LogP contribution in [0.5, 0.6) is 0 Å². The van der Waals surface area contributed by atoms with Crippen molar-refractivity contribution >= 4 is 10.9 Å². The van der Waals surface area contributed by atoms with Crippen molar-refractivity contribution in [3.8, 4) is 0 Å². The number of para-hydroxylation sites is 1. The molecule has 1 aromatic heterocycles. The minimum Gasteiger partial charge on any atom is -0.380 e. The first kappa shape index (κ1) is 14.9. The molecule has 0 bridgehead atoms. The quantitative estimate of drug-likeness (QED) is 0.748.